The number of aromatic nitrogens is 2. The van der Waals surface area contributed by atoms with Crippen molar-refractivity contribution in [3.05, 3.63) is 89.0 Å². The molecule has 0 aliphatic heterocycles. The number of carboxylic acids is 1. The van der Waals surface area contributed by atoms with E-state index in [9.17, 15) is 23.1 Å². The molecule has 8 heteroatoms. The minimum Gasteiger partial charge on any atom is -0.488 e. The minimum absolute atomic E-state index is 0.168. The molecular weight excluding hydrogens is 421 g/mol. The van der Waals surface area contributed by atoms with Crippen LogP contribution in [0.5, 0.6) is 5.75 Å². The van der Waals surface area contributed by atoms with Crippen molar-refractivity contribution >= 4 is 17.1 Å². The smallest absolute Gasteiger partial charge is 0.416 e. The fourth-order valence-electron chi connectivity index (χ4n) is 3.71. The van der Waals surface area contributed by atoms with E-state index < -0.39 is 17.7 Å². The maximum Gasteiger partial charge on any atom is 0.416 e. The second kappa shape index (κ2) is 8.82. The molecule has 0 saturated carbocycles. The highest BCUT2D eigenvalue weighted by Gasteiger charge is 2.32. The number of hydrogen-bond acceptors (Lipinski definition) is 4. The van der Waals surface area contributed by atoms with E-state index in [2.05, 4.69) is 9.97 Å². The molecule has 1 heterocycles. The largest absolute Gasteiger partial charge is 0.488 e. The zero-order valence-corrected chi connectivity index (χ0v) is 16.9. The molecule has 4 rings (SSSR count). The van der Waals surface area contributed by atoms with Crippen molar-refractivity contribution in [2.45, 2.75) is 32.0 Å². The van der Waals surface area contributed by atoms with Crippen LogP contribution in [0, 0.1) is 0 Å². The van der Waals surface area contributed by atoms with Crippen molar-refractivity contribution in [3.63, 3.8) is 0 Å². The van der Waals surface area contributed by atoms with Gasteiger partial charge in [0, 0.05) is 17.3 Å². The average molecular weight is 440 g/mol. The summed E-state index contributed by atoms with van der Waals surface area (Å²) in [5.41, 5.74) is 1.54. The van der Waals surface area contributed by atoms with Crippen LogP contribution in [0.15, 0.2) is 60.8 Å². The second-order valence-corrected chi connectivity index (χ2v) is 7.36. The van der Waals surface area contributed by atoms with E-state index >= 15 is 0 Å². The number of alkyl halides is 3. The van der Waals surface area contributed by atoms with Gasteiger partial charge in [0.1, 0.15) is 12.4 Å². The maximum atomic E-state index is 13.5. The molecule has 164 valence electrons. The summed E-state index contributed by atoms with van der Waals surface area (Å²) in [7, 11) is 0. The highest BCUT2D eigenvalue weighted by Crippen LogP contribution is 2.44. The zero-order chi connectivity index (χ0) is 22.7. The van der Waals surface area contributed by atoms with Gasteiger partial charge in [0.25, 0.3) is 0 Å². The summed E-state index contributed by atoms with van der Waals surface area (Å²) in [5.74, 6) is -0.658. The van der Waals surface area contributed by atoms with E-state index in [1.54, 1.807) is 0 Å². The van der Waals surface area contributed by atoms with Crippen LogP contribution in [0.3, 0.4) is 0 Å². The molecule has 1 aromatic heterocycles. The Balaban J connectivity index is 1.79. The first kappa shape index (κ1) is 21.5. The second-order valence-electron chi connectivity index (χ2n) is 7.36. The third-order valence-electron chi connectivity index (χ3n) is 5.23. The van der Waals surface area contributed by atoms with Crippen LogP contribution in [0.4, 0.5) is 13.2 Å². The molecule has 1 N–H and O–H groups in total. The fraction of sp³-hybridized carbons (Fsp3) is 0.208. The summed E-state index contributed by atoms with van der Waals surface area (Å²) in [6, 6.07) is 14.0. The van der Waals surface area contributed by atoms with Gasteiger partial charge in [0.2, 0.25) is 0 Å². The van der Waals surface area contributed by atoms with Crippen molar-refractivity contribution in [1.82, 2.24) is 9.97 Å². The fourth-order valence-corrected chi connectivity index (χ4v) is 3.71. The van der Waals surface area contributed by atoms with Gasteiger partial charge in [-0.15, -0.1) is 0 Å². The van der Waals surface area contributed by atoms with Crippen molar-refractivity contribution in [2.24, 2.45) is 0 Å². The van der Waals surface area contributed by atoms with Gasteiger partial charge in [0.15, 0.2) is 11.5 Å². The van der Waals surface area contributed by atoms with Crippen molar-refractivity contribution in [2.75, 3.05) is 0 Å². The molecule has 0 radical (unpaired) electrons. The molecule has 32 heavy (non-hydrogen) atoms. The number of nitrogens with zero attached hydrogens (tertiary/aromatic N) is 2. The molecule has 0 bridgehead atoms. The molecule has 2 aromatic carbocycles. The number of ether oxygens (including phenoxy) is 1. The standard InChI is InChI=1S/C24H19F3N2O3/c25-24(26,27)16-9-10-21(32-14-15-5-2-1-3-6-15)19(13-16)17-7-4-8-18(17)22-28-12-11-20(29-22)23(30)31/h1-3,5-6,9-13H,4,7-8,14H2,(H,30,31). The minimum atomic E-state index is -4.51. The Kier molecular flexibility index (Phi) is 5.94. The van der Waals surface area contributed by atoms with Crippen molar-refractivity contribution in [3.8, 4) is 5.75 Å². The molecule has 3 aromatic rings. The monoisotopic (exact) mass is 440 g/mol. The van der Waals surface area contributed by atoms with E-state index in [0.29, 0.717) is 41.7 Å². The van der Waals surface area contributed by atoms with Crippen LogP contribution >= 0.6 is 0 Å². The lowest BCUT2D eigenvalue weighted by atomic mass is 9.98. The quantitative estimate of drug-likeness (QED) is 0.519. The third-order valence-corrected chi connectivity index (χ3v) is 5.23. The van der Waals surface area contributed by atoms with Gasteiger partial charge in [-0.25, -0.2) is 14.8 Å². The van der Waals surface area contributed by atoms with Crippen LogP contribution < -0.4 is 4.74 Å². The lowest BCUT2D eigenvalue weighted by Gasteiger charge is -2.17. The summed E-state index contributed by atoms with van der Waals surface area (Å²) >= 11 is 0. The van der Waals surface area contributed by atoms with E-state index in [-0.39, 0.29) is 18.1 Å². The van der Waals surface area contributed by atoms with Gasteiger partial charge < -0.3 is 9.84 Å². The summed E-state index contributed by atoms with van der Waals surface area (Å²) in [5, 5.41) is 9.23. The molecule has 0 fully saturated rings. The molecule has 5 nitrogen and oxygen atoms in total. The molecule has 1 aliphatic carbocycles. The van der Waals surface area contributed by atoms with Crippen LogP contribution in [0.25, 0.3) is 11.1 Å². The molecule has 0 unspecified atom stereocenters. The number of hydrogen-bond donors (Lipinski definition) is 1. The summed E-state index contributed by atoms with van der Waals surface area (Å²) in [4.78, 5) is 19.6. The number of carboxylic acid groups (broad SMARTS) is 1. The predicted molar refractivity (Wildman–Crippen MR) is 112 cm³/mol. The Labute approximate surface area is 182 Å². The van der Waals surface area contributed by atoms with Crippen LogP contribution in [0.1, 0.15) is 52.3 Å². The molecule has 0 saturated heterocycles. The normalized spacial score (nSPS) is 14.0. The molecule has 1 aliphatic rings. The Morgan fingerprint density at radius 3 is 2.50 bits per heavy atom. The van der Waals surface area contributed by atoms with Gasteiger partial charge in [-0.1, -0.05) is 30.3 Å². The summed E-state index contributed by atoms with van der Waals surface area (Å²) < 4.78 is 46.3. The number of benzene rings is 2. The third kappa shape index (κ3) is 4.64. The Morgan fingerprint density at radius 2 is 1.78 bits per heavy atom. The van der Waals surface area contributed by atoms with Crippen LogP contribution in [-0.4, -0.2) is 21.0 Å². The van der Waals surface area contributed by atoms with E-state index in [0.717, 1.165) is 17.7 Å². The summed E-state index contributed by atoms with van der Waals surface area (Å²) in [6.45, 7) is 0.201. The van der Waals surface area contributed by atoms with Crippen molar-refractivity contribution in [1.29, 1.82) is 0 Å². The number of rotatable bonds is 6. The molecule has 0 spiro atoms. The first-order chi connectivity index (χ1) is 15.3. The molecule has 0 atom stereocenters. The Hall–Kier alpha value is -3.68. The Bertz CT molecular complexity index is 1170. The van der Waals surface area contributed by atoms with Crippen LogP contribution in [-0.2, 0) is 12.8 Å². The van der Waals surface area contributed by atoms with Gasteiger partial charge in [0.05, 0.1) is 5.56 Å². The molecular formula is C24H19F3N2O3. The first-order valence-corrected chi connectivity index (χ1v) is 10.00. The lowest BCUT2D eigenvalue weighted by Crippen LogP contribution is -2.07. The Morgan fingerprint density at radius 1 is 1.03 bits per heavy atom. The average Bonchev–Trinajstić information content (AvgIpc) is 3.27. The maximum absolute atomic E-state index is 13.5. The number of allylic oxidation sites excluding steroid dienone is 2. The topological polar surface area (TPSA) is 72.3 Å². The number of carbonyl (C=O) groups is 1. The van der Waals surface area contributed by atoms with Gasteiger partial charge in [-0.3, -0.25) is 0 Å². The summed E-state index contributed by atoms with van der Waals surface area (Å²) in [6.07, 6.45) is -1.43. The van der Waals surface area contributed by atoms with Gasteiger partial charge in [-0.2, -0.15) is 13.2 Å². The SMILES string of the molecule is O=C(O)c1ccnc(C2=C(c3cc(C(F)(F)F)ccc3OCc3ccccc3)CCC2)n1. The van der Waals surface area contributed by atoms with Gasteiger partial charge in [-0.05, 0) is 54.7 Å². The van der Waals surface area contributed by atoms with Crippen molar-refractivity contribution < 1.29 is 27.8 Å². The van der Waals surface area contributed by atoms with E-state index in [1.165, 1.54) is 18.3 Å². The number of halogens is 3. The molecule has 0 amide bonds. The predicted octanol–water partition coefficient (Wildman–Crippen LogP) is 5.87. The van der Waals surface area contributed by atoms with E-state index in [4.69, 9.17) is 4.74 Å². The number of aromatic carboxylic acids is 1. The highest BCUT2D eigenvalue weighted by atomic mass is 19.4. The highest BCUT2D eigenvalue weighted by molar-refractivity contribution is 5.93. The zero-order valence-electron chi connectivity index (χ0n) is 16.9. The van der Waals surface area contributed by atoms with E-state index in [1.807, 2.05) is 30.3 Å². The lowest BCUT2D eigenvalue weighted by molar-refractivity contribution is -0.137. The first-order valence-electron chi connectivity index (χ1n) is 10.00. The van der Waals surface area contributed by atoms with Crippen LogP contribution in [0.2, 0.25) is 0 Å². The van der Waals surface area contributed by atoms with Gasteiger partial charge >= 0.3 is 12.1 Å².